The van der Waals surface area contributed by atoms with Crippen molar-refractivity contribution >= 4 is 11.8 Å². The van der Waals surface area contributed by atoms with Crippen LogP contribution < -0.4 is 5.32 Å². The van der Waals surface area contributed by atoms with Gasteiger partial charge in [0.05, 0.1) is 6.54 Å². The molecule has 0 bridgehead atoms. The van der Waals surface area contributed by atoms with E-state index in [0.29, 0.717) is 6.54 Å². The summed E-state index contributed by atoms with van der Waals surface area (Å²) in [6, 6.07) is 6.21. The molecule has 0 unspecified atom stereocenters. The molecule has 1 aromatic rings. The van der Waals surface area contributed by atoms with E-state index in [2.05, 4.69) is 5.32 Å². The molecule has 4 nitrogen and oxygen atoms in total. The minimum absolute atomic E-state index is 0.0449. The van der Waals surface area contributed by atoms with Gasteiger partial charge >= 0.3 is 0 Å². The molecule has 1 saturated carbocycles. The molecule has 2 rings (SSSR count). The van der Waals surface area contributed by atoms with E-state index in [4.69, 9.17) is 0 Å². The van der Waals surface area contributed by atoms with Gasteiger partial charge in [-0.2, -0.15) is 0 Å². The van der Waals surface area contributed by atoms with Crippen LogP contribution in [0, 0.1) is 5.82 Å². The molecule has 0 aliphatic heterocycles. The molecular weight excluding hydrogens is 283 g/mol. The maximum Gasteiger partial charge on any atom is 0.239 e. The van der Waals surface area contributed by atoms with Crippen LogP contribution in [0.5, 0.6) is 0 Å². The van der Waals surface area contributed by atoms with Gasteiger partial charge in [0.25, 0.3) is 0 Å². The molecule has 1 N–H and O–H groups in total. The molecular formula is C17H23FN2O2. The van der Waals surface area contributed by atoms with Gasteiger partial charge in [0.15, 0.2) is 0 Å². The SMILES string of the molecule is CC(=O)N(CC(=O)NC1CCCCC1)Cc1ccc(F)cc1. The van der Waals surface area contributed by atoms with Crippen LogP contribution in [0.2, 0.25) is 0 Å². The largest absolute Gasteiger partial charge is 0.352 e. The smallest absolute Gasteiger partial charge is 0.239 e. The van der Waals surface area contributed by atoms with E-state index < -0.39 is 0 Å². The number of amides is 2. The first-order chi connectivity index (χ1) is 10.5. The summed E-state index contributed by atoms with van der Waals surface area (Å²) in [6.07, 6.45) is 5.57. The molecule has 1 fully saturated rings. The van der Waals surface area contributed by atoms with Crippen LogP contribution in [0.3, 0.4) is 0 Å². The molecule has 0 saturated heterocycles. The number of benzene rings is 1. The van der Waals surface area contributed by atoms with Crippen molar-refractivity contribution in [2.45, 2.75) is 51.6 Å². The fraction of sp³-hybridized carbons (Fsp3) is 0.529. The molecule has 0 heterocycles. The molecule has 1 aliphatic carbocycles. The lowest BCUT2D eigenvalue weighted by Crippen LogP contribution is -2.43. The standard InChI is InChI=1S/C17H23FN2O2/c1-13(21)20(11-14-7-9-15(18)10-8-14)12-17(22)19-16-5-3-2-4-6-16/h7-10,16H,2-6,11-12H2,1H3,(H,19,22). The normalized spacial score (nSPS) is 15.4. The van der Waals surface area contributed by atoms with E-state index in [1.165, 1.54) is 30.4 Å². The Balaban J connectivity index is 1.88. The molecule has 5 heteroatoms. The zero-order valence-corrected chi connectivity index (χ0v) is 13.0. The maximum absolute atomic E-state index is 12.9. The number of nitrogens with zero attached hydrogens (tertiary/aromatic N) is 1. The summed E-state index contributed by atoms with van der Waals surface area (Å²) in [5, 5.41) is 3.01. The second kappa shape index (κ2) is 7.92. The number of carbonyl (C=O) groups excluding carboxylic acids is 2. The lowest BCUT2D eigenvalue weighted by atomic mass is 9.95. The Hall–Kier alpha value is -1.91. The van der Waals surface area contributed by atoms with Crippen LogP contribution in [-0.2, 0) is 16.1 Å². The highest BCUT2D eigenvalue weighted by Gasteiger charge is 2.19. The Bertz CT molecular complexity index is 510. The third kappa shape index (κ3) is 5.13. The molecule has 0 radical (unpaired) electrons. The zero-order valence-electron chi connectivity index (χ0n) is 13.0. The number of rotatable bonds is 5. The number of hydrogen-bond acceptors (Lipinski definition) is 2. The van der Waals surface area contributed by atoms with Crippen molar-refractivity contribution in [2.75, 3.05) is 6.54 Å². The lowest BCUT2D eigenvalue weighted by molar-refractivity contribution is -0.135. The molecule has 1 aliphatic rings. The lowest BCUT2D eigenvalue weighted by Gasteiger charge is -2.25. The molecule has 2 amide bonds. The van der Waals surface area contributed by atoms with Crippen molar-refractivity contribution in [1.29, 1.82) is 0 Å². The van der Waals surface area contributed by atoms with Crippen LogP contribution in [0.25, 0.3) is 0 Å². The number of halogens is 1. The average molecular weight is 306 g/mol. The quantitative estimate of drug-likeness (QED) is 0.909. The summed E-state index contributed by atoms with van der Waals surface area (Å²) >= 11 is 0. The van der Waals surface area contributed by atoms with E-state index in [1.807, 2.05) is 0 Å². The van der Waals surface area contributed by atoms with Crippen molar-refractivity contribution < 1.29 is 14.0 Å². The summed E-state index contributed by atoms with van der Waals surface area (Å²) in [6.45, 7) is 1.80. The van der Waals surface area contributed by atoms with Gasteiger partial charge in [0.2, 0.25) is 11.8 Å². The second-order valence-corrected chi connectivity index (χ2v) is 5.90. The fourth-order valence-corrected chi connectivity index (χ4v) is 2.78. The van der Waals surface area contributed by atoms with Crippen molar-refractivity contribution in [3.8, 4) is 0 Å². The molecule has 120 valence electrons. The Morgan fingerprint density at radius 2 is 1.82 bits per heavy atom. The predicted molar refractivity (Wildman–Crippen MR) is 82.5 cm³/mol. The Morgan fingerprint density at radius 3 is 2.41 bits per heavy atom. The number of carbonyl (C=O) groups is 2. The Labute approximate surface area is 130 Å². The monoisotopic (exact) mass is 306 g/mol. The van der Waals surface area contributed by atoms with Crippen LogP contribution in [0.15, 0.2) is 24.3 Å². The van der Waals surface area contributed by atoms with Crippen molar-refractivity contribution in [3.05, 3.63) is 35.6 Å². The second-order valence-electron chi connectivity index (χ2n) is 5.90. The zero-order chi connectivity index (χ0) is 15.9. The van der Waals surface area contributed by atoms with Gasteiger partial charge in [-0.25, -0.2) is 4.39 Å². The van der Waals surface area contributed by atoms with Gasteiger partial charge in [-0.3, -0.25) is 9.59 Å². The van der Waals surface area contributed by atoms with E-state index >= 15 is 0 Å². The van der Waals surface area contributed by atoms with Gasteiger partial charge in [-0.15, -0.1) is 0 Å². The molecule has 0 aromatic heterocycles. The highest BCUT2D eigenvalue weighted by atomic mass is 19.1. The topological polar surface area (TPSA) is 49.4 Å². The third-order valence-electron chi connectivity index (χ3n) is 4.04. The summed E-state index contributed by atoms with van der Waals surface area (Å²) in [7, 11) is 0. The average Bonchev–Trinajstić information content (AvgIpc) is 2.49. The van der Waals surface area contributed by atoms with Gasteiger partial charge in [-0.1, -0.05) is 31.4 Å². The Morgan fingerprint density at radius 1 is 1.18 bits per heavy atom. The fourth-order valence-electron chi connectivity index (χ4n) is 2.78. The van der Waals surface area contributed by atoms with Crippen LogP contribution in [0.1, 0.15) is 44.6 Å². The van der Waals surface area contributed by atoms with Gasteiger partial charge in [0.1, 0.15) is 5.82 Å². The molecule has 0 atom stereocenters. The van der Waals surface area contributed by atoms with Gasteiger partial charge < -0.3 is 10.2 Å². The maximum atomic E-state index is 12.9. The van der Waals surface area contributed by atoms with Crippen molar-refractivity contribution in [1.82, 2.24) is 10.2 Å². The predicted octanol–water partition coefficient (Wildman–Crippen LogP) is 2.62. The first-order valence-electron chi connectivity index (χ1n) is 7.84. The highest BCUT2D eigenvalue weighted by Crippen LogP contribution is 2.17. The summed E-state index contributed by atoms with van der Waals surface area (Å²) in [4.78, 5) is 25.3. The summed E-state index contributed by atoms with van der Waals surface area (Å²) in [5.41, 5.74) is 0.807. The highest BCUT2D eigenvalue weighted by molar-refractivity contribution is 5.83. The van der Waals surface area contributed by atoms with Crippen LogP contribution in [-0.4, -0.2) is 29.3 Å². The van der Waals surface area contributed by atoms with E-state index in [9.17, 15) is 14.0 Å². The van der Waals surface area contributed by atoms with Crippen LogP contribution >= 0.6 is 0 Å². The van der Waals surface area contributed by atoms with E-state index in [0.717, 1.165) is 31.2 Å². The summed E-state index contributed by atoms with van der Waals surface area (Å²) < 4.78 is 12.9. The summed E-state index contributed by atoms with van der Waals surface area (Å²) in [5.74, 6) is -0.597. The first-order valence-corrected chi connectivity index (χ1v) is 7.84. The van der Waals surface area contributed by atoms with Crippen LogP contribution in [0.4, 0.5) is 4.39 Å². The number of nitrogens with one attached hydrogen (secondary N) is 1. The van der Waals surface area contributed by atoms with Gasteiger partial charge in [0, 0.05) is 19.5 Å². The van der Waals surface area contributed by atoms with E-state index in [1.54, 1.807) is 12.1 Å². The Kier molecular flexibility index (Phi) is 5.92. The minimum atomic E-state index is -0.312. The van der Waals surface area contributed by atoms with Crippen molar-refractivity contribution in [3.63, 3.8) is 0 Å². The van der Waals surface area contributed by atoms with Gasteiger partial charge in [-0.05, 0) is 30.5 Å². The number of hydrogen-bond donors (Lipinski definition) is 1. The molecule has 0 spiro atoms. The molecule has 22 heavy (non-hydrogen) atoms. The van der Waals surface area contributed by atoms with Crippen molar-refractivity contribution in [2.24, 2.45) is 0 Å². The molecule has 1 aromatic carbocycles. The van der Waals surface area contributed by atoms with E-state index in [-0.39, 0.29) is 30.2 Å². The first kappa shape index (κ1) is 16.5. The third-order valence-corrected chi connectivity index (χ3v) is 4.04. The minimum Gasteiger partial charge on any atom is -0.352 e.